The van der Waals surface area contributed by atoms with Gasteiger partial charge < -0.3 is 15.2 Å². The predicted octanol–water partition coefficient (Wildman–Crippen LogP) is 0.256. The Morgan fingerprint density at radius 2 is 2.05 bits per heavy atom. The van der Waals surface area contributed by atoms with Gasteiger partial charge in [0.15, 0.2) is 11.3 Å². The number of hydrogen-bond acceptors (Lipinski definition) is 4. The molecule has 7 nitrogen and oxygen atoms in total. The van der Waals surface area contributed by atoms with Crippen LogP contribution in [0.3, 0.4) is 0 Å². The summed E-state index contributed by atoms with van der Waals surface area (Å²) in [5.41, 5.74) is 2.91. The van der Waals surface area contributed by atoms with E-state index in [4.69, 9.17) is 0 Å². The highest BCUT2D eigenvalue weighted by Crippen LogP contribution is 2.16. The number of aromatic nitrogens is 4. The number of carbonyl (C=O) groups is 1. The lowest BCUT2D eigenvalue weighted by molar-refractivity contribution is 0.0729. The number of piperazine rings is 1. The Hall–Kier alpha value is -2.41. The molecule has 1 saturated heterocycles. The maximum atomic E-state index is 12.6. The molecule has 1 amide bonds. The lowest BCUT2D eigenvalue weighted by atomic mass is 10.3. The van der Waals surface area contributed by atoms with Gasteiger partial charge in [0.05, 0.1) is 17.9 Å². The topological polar surface area (TPSA) is 78.3 Å². The van der Waals surface area contributed by atoms with Crippen LogP contribution < -0.4 is 5.32 Å². The van der Waals surface area contributed by atoms with Crippen molar-refractivity contribution >= 4 is 22.7 Å². The Bertz CT molecular complexity index is 782. The van der Waals surface area contributed by atoms with Crippen LogP contribution in [-0.4, -0.2) is 56.3 Å². The lowest BCUT2D eigenvalue weighted by Crippen LogP contribution is -2.46. The number of nitrogens with one attached hydrogen (secondary N) is 2. The second-order valence-corrected chi connectivity index (χ2v) is 4.85. The highest BCUT2D eigenvalue weighted by molar-refractivity contribution is 5.95. The van der Waals surface area contributed by atoms with E-state index in [1.54, 1.807) is 12.4 Å². The first-order valence-electron chi connectivity index (χ1n) is 6.64. The Labute approximate surface area is 114 Å². The van der Waals surface area contributed by atoms with Gasteiger partial charge in [-0.25, -0.2) is 9.97 Å². The molecule has 2 N–H and O–H groups in total. The monoisotopic (exact) mass is 270 g/mol. The molecule has 1 aliphatic rings. The predicted molar refractivity (Wildman–Crippen MR) is 73.6 cm³/mol. The van der Waals surface area contributed by atoms with E-state index in [9.17, 15) is 4.79 Å². The zero-order valence-corrected chi connectivity index (χ0v) is 10.8. The van der Waals surface area contributed by atoms with Gasteiger partial charge in [-0.15, -0.1) is 0 Å². The number of carbonyl (C=O) groups excluding carboxylic acids is 1. The van der Waals surface area contributed by atoms with Crippen LogP contribution in [-0.2, 0) is 0 Å². The van der Waals surface area contributed by atoms with E-state index in [1.807, 2.05) is 21.6 Å². The normalized spacial score (nSPS) is 16.1. The number of nitrogens with zero attached hydrogens (tertiary/aromatic N) is 4. The molecular weight excluding hydrogens is 256 g/mol. The molecule has 0 spiro atoms. The van der Waals surface area contributed by atoms with Crippen LogP contribution in [0.25, 0.3) is 16.8 Å². The number of H-pyrrole nitrogens is 1. The molecule has 0 atom stereocenters. The van der Waals surface area contributed by atoms with Crippen LogP contribution in [0.15, 0.2) is 24.7 Å². The van der Waals surface area contributed by atoms with E-state index >= 15 is 0 Å². The average Bonchev–Trinajstić information content (AvgIpc) is 3.13. The molecule has 102 valence electrons. The third-order valence-corrected chi connectivity index (χ3v) is 3.67. The van der Waals surface area contributed by atoms with E-state index in [0.29, 0.717) is 11.3 Å². The number of rotatable bonds is 1. The van der Waals surface area contributed by atoms with E-state index in [0.717, 1.165) is 37.3 Å². The molecule has 20 heavy (non-hydrogen) atoms. The highest BCUT2D eigenvalue weighted by atomic mass is 16.2. The Morgan fingerprint density at radius 1 is 1.20 bits per heavy atom. The van der Waals surface area contributed by atoms with Gasteiger partial charge in [-0.2, -0.15) is 0 Å². The summed E-state index contributed by atoms with van der Waals surface area (Å²) in [6.45, 7) is 3.13. The van der Waals surface area contributed by atoms with Crippen molar-refractivity contribution in [1.82, 2.24) is 29.6 Å². The van der Waals surface area contributed by atoms with Crippen LogP contribution in [0, 0.1) is 0 Å². The SMILES string of the molecule is O=C(c1cnc2cnc3[nH]ccc3n12)N1CCNCC1. The van der Waals surface area contributed by atoms with Gasteiger partial charge in [0, 0.05) is 32.4 Å². The van der Waals surface area contributed by atoms with Gasteiger partial charge in [0.2, 0.25) is 0 Å². The molecule has 0 radical (unpaired) electrons. The second kappa shape index (κ2) is 4.31. The summed E-state index contributed by atoms with van der Waals surface area (Å²) in [7, 11) is 0. The molecule has 0 bridgehead atoms. The molecule has 1 fully saturated rings. The van der Waals surface area contributed by atoms with Gasteiger partial charge >= 0.3 is 0 Å². The van der Waals surface area contributed by atoms with Crippen LogP contribution in [0.4, 0.5) is 0 Å². The minimum atomic E-state index is 0.0210. The fourth-order valence-electron chi connectivity index (χ4n) is 2.65. The van der Waals surface area contributed by atoms with Crippen molar-refractivity contribution in [2.45, 2.75) is 0 Å². The van der Waals surface area contributed by atoms with Crippen LogP contribution in [0.5, 0.6) is 0 Å². The lowest BCUT2D eigenvalue weighted by Gasteiger charge is -2.27. The van der Waals surface area contributed by atoms with Gasteiger partial charge in [-0.1, -0.05) is 0 Å². The third-order valence-electron chi connectivity index (χ3n) is 3.67. The Morgan fingerprint density at radius 3 is 2.90 bits per heavy atom. The molecule has 4 rings (SSSR count). The van der Waals surface area contributed by atoms with Crippen molar-refractivity contribution in [3.8, 4) is 0 Å². The minimum absolute atomic E-state index is 0.0210. The zero-order chi connectivity index (χ0) is 13.5. The standard InChI is InChI=1S/C13H14N6O/c20-13(18-5-3-14-4-6-18)10-7-16-11-8-17-12-9(19(10)11)1-2-15-12/h1-2,7-8,14-15H,3-6H2. The Kier molecular flexibility index (Phi) is 2.46. The second-order valence-electron chi connectivity index (χ2n) is 4.85. The summed E-state index contributed by atoms with van der Waals surface area (Å²) in [6.07, 6.45) is 5.12. The largest absolute Gasteiger partial charge is 0.345 e. The van der Waals surface area contributed by atoms with Gasteiger partial charge in [0.1, 0.15) is 5.69 Å². The van der Waals surface area contributed by atoms with E-state index in [-0.39, 0.29) is 5.91 Å². The summed E-state index contributed by atoms with van der Waals surface area (Å²) in [4.78, 5) is 26.1. The van der Waals surface area contributed by atoms with Crippen LogP contribution >= 0.6 is 0 Å². The smallest absolute Gasteiger partial charge is 0.272 e. The van der Waals surface area contributed by atoms with Gasteiger partial charge in [-0.3, -0.25) is 9.20 Å². The van der Waals surface area contributed by atoms with E-state index < -0.39 is 0 Å². The van der Waals surface area contributed by atoms with Crippen LogP contribution in [0.1, 0.15) is 10.5 Å². The molecule has 1 aliphatic heterocycles. The molecule has 0 unspecified atom stereocenters. The number of fused-ring (bicyclic) bond motifs is 3. The van der Waals surface area contributed by atoms with Crippen molar-refractivity contribution in [2.24, 2.45) is 0 Å². The fourth-order valence-corrected chi connectivity index (χ4v) is 2.65. The summed E-state index contributed by atoms with van der Waals surface area (Å²) < 4.78 is 1.86. The molecular formula is C13H14N6O. The summed E-state index contributed by atoms with van der Waals surface area (Å²) >= 11 is 0. The molecule has 3 aromatic rings. The third kappa shape index (κ3) is 1.60. The maximum Gasteiger partial charge on any atom is 0.272 e. The molecule has 0 saturated carbocycles. The highest BCUT2D eigenvalue weighted by Gasteiger charge is 2.22. The maximum absolute atomic E-state index is 12.6. The summed E-state index contributed by atoms with van der Waals surface area (Å²) in [5.74, 6) is 0.0210. The number of aromatic amines is 1. The summed E-state index contributed by atoms with van der Waals surface area (Å²) in [6, 6.07) is 1.91. The minimum Gasteiger partial charge on any atom is -0.345 e. The number of hydrogen-bond donors (Lipinski definition) is 2. The number of imidazole rings is 1. The zero-order valence-electron chi connectivity index (χ0n) is 10.8. The quantitative estimate of drug-likeness (QED) is 0.664. The fraction of sp³-hybridized carbons (Fsp3) is 0.308. The first-order valence-corrected chi connectivity index (χ1v) is 6.64. The Balaban J connectivity index is 1.86. The molecule has 3 aromatic heterocycles. The van der Waals surface area contributed by atoms with Crippen molar-refractivity contribution in [1.29, 1.82) is 0 Å². The molecule has 0 aliphatic carbocycles. The van der Waals surface area contributed by atoms with Crippen molar-refractivity contribution in [3.05, 3.63) is 30.4 Å². The van der Waals surface area contributed by atoms with E-state index in [1.165, 1.54) is 0 Å². The van der Waals surface area contributed by atoms with Crippen molar-refractivity contribution in [3.63, 3.8) is 0 Å². The van der Waals surface area contributed by atoms with Gasteiger partial charge in [0.25, 0.3) is 5.91 Å². The number of amides is 1. The molecule has 7 heteroatoms. The van der Waals surface area contributed by atoms with Crippen molar-refractivity contribution in [2.75, 3.05) is 26.2 Å². The molecule has 4 heterocycles. The van der Waals surface area contributed by atoms with Gasteiger partial charge in [-0.05, 0) is 6.07 Å². The average molecular weight is 270 g/mol. The molecule has 0 aromatic carbocycles. The van der Waals surface area contributed by atoms with Crippen molar-refractivity contribution < 1.29 is 4.79 Å². The van der Waals surface area contributed by atoms with Crippen LogP contribution in [0.2, 0.25) is 0 Å². The first-order chi connectivity index (χ1) is 9.84. The first kappa shape index (κ1) is 11.4. The summed E-state index contributed by atoms with van der Waals surface area (Å²) in [5, 5.41) is 3.25. The van der Waals surface area contributed by atoms with E-state index in [2.05, 4.69) is 20.3 Å².